The highest BCUT2D eigenvalue weighted by atomic mass is 16.3. The molecule has 3 heterocycles. The maximum absolute atomic E-state index is 6.46. The average Bonchev–Trinajstić information content (AvgIpc) is 3.78. The summed E-state index contributed by atoms with van der Waals surface area (Å²) in [7, 11) is 0. The molecule has 6 aromatic carbocycles. The van der Waals surface area contributed by atoms with Gasteiger partial charge in [-0.2, -0.15) is 0 Å². The quantitative estimate of drug-likeness (QED) is 0.187. The summed E-state index contributed by atoms with van der Waals surface area (Å²) in [5.74, 6) is 1.15. The Kier molecular flexibility index (Phi) is 6.87. The Morgan fingerprint density at radius 1 is 0.560 bits per heavy atom. The maximum atomic E-state index is 6.46. The average molecular weight is 646 g/mol. The van der Waals surface area contributed by atoms with E-state index in [4.69, 9.17) is 9.40 Å². The number of benzene rings is 6. The van der Waals surface area contributed by atoms with Crippen molar-refractivity contribution in [2.75, 3.05) is 0 Å². The second-order valence-electron chi connectivity index (χ2n) is 13.6. The van der Waals surface area contributed by atoms with Gasteiger partial charge in [-0.15, -0.1) is 0 Å². The third-order valence-electron chi connectivity index (χ3n) is 10.7. The highest BCUT2D eigenvalue weighted by Gasteiger charge is 2.23. The highest BCUT2D eigenvalue weighted by Crippen LogP contribution is 2.43. The van der Waals surface area contributed by atoms with Crippen LogP contribution in [0.4, 0.5) is 0 Å². The van der Waals surface area contributed by atoms with Crippen molar-refractivity contribution in [1.82, 2.24) is 14.5 Å². The van der Waals surface area contributed by atoms with Crippen LogP contribution in [0.5, 0.6) is 0 Å². The monoisotopic (exact) mass is 645 g/mol. The minimum absolute atomic E-state index is 0.554. The molecular formula is C46H35N3O. The predicted molar refractivity (Wildman–Crippen MR) is 206 cm³/mol. The number of rotatable bonds is 5. The van der Waals surface area contributed by atoms with Crippen molar-refractivity contribution >= 4 is 43.8 Å². The molecule has 0 spiro atoms. The molecule has 0 atom stereocenters. The van der Waals surface area contributed by atoms with E-state index in [0.29, 0.717) is 11.8 Å². The molecule has 0 aliphatic heterocycles. The van der Waals surface area contributed by atoms with Gasteiger partial charge < -0.3 is 8.98 Å². The normalized spacial score (nSPS) is 13.9. The molecule has 0 amide bonds. The zero-order valence-corrected chi connectivity index (χ0v) is 27.7. The molecule has 4 nitrogen and oxygen atoms in total. The van der Waals surface area contributed by atoms with Crippen LogP contribution in [0.15, 0.2) is 150 Å². The first-order valence-electron chi connectivity index (χ1n) is 17.8. The maximum Gasteiger partial charge on any atom is 0.227 e. The highest BCUT2D eigenvalue weighted by molar-refractivity contribution is 6.10. The number of fused-ring (bicyclic) bond motifs is 6. The number of pyridine rings is 1. The third-order valence-corrected chi connectivity index (χ3v) is 10.7. The Bertz CT molecular complexity index is 2640. The number of hydrogen-bond acceptors (Lipinski definition) is 3. The molecule has 0 radical (unpaired) electrons. The van der Waals surface area contributed by atoms with Crippen LogP contribution in [0.1, 0.15) is 43.6 Å². The Morgan fingerprint density at radius 3 is 2.08 bits per heavy atom. The van der Waals surface area contributed by atoms with Crippen LogP contribution >= 0.6 is 0 Å². The fourth-order valence-corrected chi connectivity index (χ4v) is 8.29. The van der Waals surface area contributed by atoms with Crippen molar-refractivity contribution in [2.45, 2.75) is 38.0 Å². The first-order valence-corrected chi connectivity index (χ1v) is 17.8. The first-order chi connectivity index (χ1) is 24.8. The van der Waals surface area contributed by atoms with Gasteiger partial charge in [-0.25, -0.2) is 4.98 Å². The molecule has 0 N–H and O–H groups in total. The van der Waals surface area contributed by atoms with Crippen molar-refractivity contribution < 1.29 is 4.42 Å². The molecule has 1 fully saturated rings. The molecule has 9 aromatic rings. The van der Waals surface area contributed by atoms with Gasteiger partial charge in [0, 0.05) is 33.5 Å². The predicted octanol–water partition coefficient (Wildman–Crippen LogP) is 12.5. The Hall–Kier alpha value is -6.00. The summed E-state index contributed by atoms with van der Waals surface area (Å²) in [6.07, 6.45) is 8.21. The van der Waals surface area contributed by atoms with Crippen LogP contribution < -0.4 is 0 Å². The smallest absolute Gasteiger partial charge is 0.227 e. The number of para-hydroxylation sites is 2. The molecule has 50 heavy (non-hydrogen) atoms. The van der Waals surface area contributed by atoms with E-state index in [0.717, 1.165) is 33.3 Å². The molecule has 0 saturated heterocycles. The Balaban J connectivity index is 1.22. The van der Waals surface area contributed by atoms with E-state index < -0.39 is 0 Å². The van der Waals surface area contributed by atoms with Gasteiger partial charge in [0.1, 0.15) is 5.52 Å². The van der Waals surface area contributed by atoms with Crippen molar-refractivity contribution in [3.8, 4) is 39.4 Å². The van der Waals surface area contributed by atoms with Gasteiger partial charge in [0.25, 0.3) is 0 Å². The van der Waals surface area contributed by atoms with Gasteiger partial charge in [0.2, 0.25) is 5.89 Å². The molecule has 1 aliphatic rings. The standard InChI is InChI=1S/C46H35N3O/c1-3-12-30(13-4-1)35-24-21-33(28-39(35)31-14-5-2-6-15-31)36-25-22-34(46-48-45-43(50-46)26-23-32-16-11-27-47-44(32)45)29-42(36)49-40-19-9-7-17-37(40)38-18-8-10-20-41(38)49/h1,3-4,7-13,16-29,31H,2,5-6,14-15H2. The number of nitrogens with zero attached hydrogens (tertiary/aromatic N) is 3. The number of aromatic nitrogens is 3. The topological polar surface area (TPSA) is 43.9 Å². The molecule has 0 bridgehead atoms. The SMILES string of the molecule is c1ccc(-c2ccc(-c3ccc(-c4nc5c(ccc6cccnc65)o4)cc3-n3c4ccccc4c4ccccc43)cc2C2CCCCC2)cc1. The van der Waals surface area contributed by atoms with Crippen LogP contribution in [-0.4, -0.2) is 14.5 Å². The lowest BCUT2D eigenvalue weighted by Gasteiger charge is -2.26. The van der Waals surface area contributed by atoms with Crippen molar-refractivity contribution in [3.63, 3.8) is 0 Å². The molecule has 10 rings (SSSR count). The summed E-state index contributed by atoms with van der Waals surface area (Å²) in [5.41, 5.74) is 13.3. The van der Waals surface area contributed by atoms with E-state index in [9.17, 15) is 0 Å². The van der Waals surface area contributed by atoms with Gasteiger partial charge in [-0.3, -0.25) is 4.98 Å². The van der Waals surface area contributed by atoms with Gasteiger partial charge in [-0.1, -0.05) is 116 Å². The van der Waals surface area contributed by atoms with E-state index in [1.54, 1.807) is 0 Å². The first kappa shape index (κ1) is 29.0. The Morgan fingerprint density at radius 2 is 1.28 bits per heavy atom. The van der Waals surface area contributed by atoms with Crippen LogP contribution in [0.25, 0.3) is 83.2 Å². The fraction of sp³-hybridized carbons (Fsp3) is 0.130. The summed E-state index contributed by atoms with van der Waals surface area (Å²) in [6.45, 7) is 0. The zero-order chi connectivity index (χ0) is 33.0. The van der Waals surface area contributed by atoms with E-state index in [2.05, 4.69) is 137 Å². The molecule has 1 saturated carbocycles. The summed E-state index contributed by atoms with van der Waals surface area (Å²) in [6, 6.07) is 50.3. The van der Waals surface area contributed by atoms with E-state index in [1.807, 2.05) is 18.3 Å². The lowest BCUT2D eigenvalue weighted by atomic mass is 9.79. The molecule has 4 heteroatoms. The van der Waals surface area contributed by atoms with E-state index in [-0.39, 0.29) is 0 Å². The van der Waals surface area contributed by atoms with Crippen molar-refractivity contribution in [1.29, 1.82) is 0 Å². The summed E-state index contributed by atoms with van der Waals surface area (Å²) < 4.78 is 8.88. The lowest BCUT2D eigenvalue weighted by molar-refractivity contribution is 0.444. The number of hydrogen-bond donors (Lipinski definition) is 0. The van der Waals surface area contributed by atoms with Crippen LogP contribution in [0.2, 0.25) is 0 Å². The van der Waals surface area contributed by atoms with Crippen molar-refractivity contribution in [2.24, 2.45) is 0 Å². The summed E-state index contributed by atoms with van der Waals surface area (Å²) in [5, 5.41) is 3.52. The second kappa shape index (κ2) is 11.9. The molecule has 1 aliphatic carbocycles. The van der Waals surface area contributed by atoms with Gasteiger partial charge in [-0.05, 0) is 83.5 Å². The number of oxazole rings is 1. The summed E-state index contributed by atoms with van der Waals surface area (Å²) >= 11 is 0. The van der Waals surface area contributed by atoms with Crippen LogP contribution in [0.3, 0.4) is 0 Å². The third kappa shape index (κ3) is 4.74. The second-order valence-corrected chi connectivity index (χ2v) is 13.6. The molecule has 0 unspecified atom stereocenters. The fourth-order valence-electron chi connectivity index (χ4n) is 8.29. The van der Waals surface area contributed by atoms with Gasteiger partial charge in [0.05, 0.1) is 22.2 Å². The van der Waals surface area contributed by atoms with E-state index >= 15 is 0 Å². The van der Waals surface area contributed by atoms with Gasteiger partial charge >= 0.3 is 0 Å². The molecule has 3 aromatic heterocycles. The molecule has 240 valence electrons. The van der Waals surface area contributed by atoms with Gasteiger partial charge in [0.15, 0.2) is 5.58 Å². The minimum atomic E-state index is 0.554. The lowest BCUT2D eigenvalue weighted by Crippen LogP contribution is -2.07. The molecular weight excluding hydrogens is 611 g/mol. The van der Waals surface area contributed by atoms with Crippen LogP contribution in [-0.2, 0) is 0 Å². The Labute approximate surface area is 290 Å². The zero-order valence-electron chi connectivity index (χ0n) is 27.7. The van der Waals surface area contributed by atoms with Crippen LogP contribution in [0, 0.1) is 0 Å². The summed E-state index contributed by atoms with van der Waals surface area (Å²) in [4.78, 5) is 9.69. The van der Waals surface area contributed by atoms with E-state index in [1.165, 1.54) is 81.7 Å². The van der Waals surface area contributed by atoms with Crippen molar-refractivity contribution in [3.05, 3.63) is 151 Å². The largest absolute Gasteiger partial charge is 0.436 e. The minimum Gasteiger partial charge on any atom is -0.436 e.